The molecule has 1 aromatic rings. The van der Waals surface area contributed by atoms with Crippen LogP contribution in [0.15, 0.2) is 29.4 Å². The van der Waals surface area contributed by atoms with Crippen molar-refractivity contribution in [1.29, 1.82) is 0 Å². The summed E-state index contributed by atoms with van der Waals surface area (Å²) in [7, 11) is 0. The summed E-state index contributed by atoms with van der Waals surface area (Å²) in [6.45, 7) is 5.95. The zero-order valence-electron chi connectivity index (χ0n) is 10.1. The minimum absolute atomic E-state index is 0.246. The average molecular weight is 232 g/mol. The number of benzene rings is 1. The molecule has 5 nitrogen and oxygen atoms in total. The minimum atomic E-state index is 0.246. The molecule has 1 aliphatic rings. The van der Waals surface area contributed by atoms with Gasteiger partial charge in [-0.15, -0.1) is 0 Å². The highest BCUT2D eigenvalue weighted by molar-refractivity contribution is 5.53. The lowest BCUT2D eigenvalue weighted by molar-refractivity contribution is -0.00521. The Hall–Kier alpha value is -1.71. The third kappa shape index (κ3) is 2.90. The highest BCUT2D eigenvalue weighted by Crippen LogP contribution is 2.23. The zero-order chi connectivity index (χ0) is 12.3. The molecular formula is C12H16N4O. The summed E-state index contributed by atoms with van der Waals surface area (Å²) >= 11 is 0. The van der Waals surface area contributed by atoms with Gasteiger partial charge in [-0.25, -0.2) is 0 Å². The van der Waals surface area contributed by atoms with Gasteiger partial charge in [-0.1, -0.05) is 17.2 Å². The smallest absolute Gasteiger partial charge is 0.0726 e. The second-order valence-electron chi connectivity index (χ2n) is 4.37. The Morgan fingerprint density at radius 3 is 2.35 bits per heavy atom. The lowest BCUT2D eigenvalue weighted by Crippen LogP contribution is -2.45. The molecule has 0 bridgehead atoms. The Kier molecular flexibility index (Phi) is 3.52. The van der Waals surface area contributed by atoms with Crippen molar-refractivity contribution in [2.45, 2.75) is 26.1 Å². The monoisotopic (exact) mass is 232 g/mol. The highest BCUT2D eigenvalue weighted by atomic mass is 16.5. The minimum Gasteiger partial charge on any atom is -0.372 e. The molecule has 1 heterocycles. The van der Waals surface area contributed by atoms with Crippen LogP contribution in [-0.2, 0) is 4.74 Å². The summed E-state index contributed by atoms with van der Waals surface area (Å²) in [5.74, 6) is 0. The van der Waals surface area contributed by atoms with E-state index in [1.54, 1.807) is 0 Å². The number of ether oxygens (including phenoxy) is 1. The van der Waals surface area contributed by atoms with Crippen molar-refractivity contribution in [2.75, 3.05) is 18.0 Å². The van der Waals surface area contributed by atoms with Gasteiger partial charge in [-0.3, -0.25) is 0 Å². The molecule has 1 fully saturated rings. The second-order valence-corrected chi connectivity index (χ2v) is 4.37. The van der Waals surface area contributed by atoms with Crippen LogP contribution in [0.25, 0.3) is 10.4 Å². The Morgan fingerprint density at radius 1 is 1.24 bits per heavy atom. The number of azide groups is 1. The van der Waals surface area contributed by atoms with E-state index in [4.69, 9.17) is 10.3 Å². The van der Waals surface area contributed by atoms with Crippen molar-refractivity contribution in [3.05, 3.63) is 34.7 Å². The lowest BCUT2D eigenvalue weighted by atomic mass is 10.2. The van der Waals surface area contributed by atoms with Crippen LogP contribution in [0, 0.1) is 0 Å². The Labute approximate surface area is 101 Å². The maximum Gasteiger partial charge on any atom is 0.0726 e. The number of hydrogen-bond donors (Lipinski definition) is 0. The third-order valence-corrected chi connectivity index (χ3v) is 2.79. The van der Waals surface area contributed by atoms with Gasteiger partial charge in [-0.2, -0.15) is 0 Å². The van der Waals surface area contributed by atoms with Crippen molar-refractivity contribution >= 4 is 11.4 Å². The van der Waals surface area contributed by atoms with Crippen LogP contribution in [0.4, 0.5) is 11.4 Å². The van der Waals surface area contributed by atoms with E-state index >= 15 is 0 Å². The Balaban J connectivity index is 2.13. The van der Waals surface area contributed by atoms with Gasteiger partial charge in [0.2, 0.25) is 0 Å². The molecule has 90 valence electrons. The first-order valence-corrected chi connectivity index (χ1v) is 5.74. The summed E-state index contributed by atoms with van der Waals surface area (Å²) in [5, 5.41) is 3.56. The second kappa shape index (κ2) is 5.08. The van der Waals surface area contributed by atoms with Crippen LogP contribution in [-0.4, -0.2) is 25.3 Å². The summed E-state index contributed by atoms with van der Waals surface area (Å²) in [4.78, 5) is 5.05. The van der Waals surface area contributed by atoms with Crippen LogP contribution < -0.4 is 4.90 Å². The van der Waals surface area contributed by atoms with Crippen molar-refractivity contribution in [3.63, 3.8) is 0 Å². The molecule has 5 heteroatoms. The third-order valence-electron chi connectivity index (χ3n) is 2.79. The van der Waals surface area contributed by atoms with E-state index < -0.39 is 0 Å². The molecule has 1 saturated heterocycles. The average Bonchev–Trinajstić information content (AvgIpc) is 2.29. The predicted octanol–water partition coefficient (Wildman–Crippen LogP) is 3.24. The van der Waals surface area contributed by atoms with Gasteiger partial charge in [-0.05, 0) is 31.5 Å². The lowest BCUT2D eigenvalue weighted by Gasteiger charge is -2.36. The maximum absolute atomic E-state index is 8.34. The number of morpholine rings is 1. The van der Waals surface area contributed by atoms with Crippen LogP contribution >= 0.6 is 0 Å². The van der Waals surface area contributed by atoms with Crippen molar-refractivity contribution in [3.8, 4) is 0 Å². The molecule has 0 aromatic heterocycles. The fraction of sp³-hybridized carbons (Fsp3) is 0.500. The van der Waals surface area contributed by atoms with Gasteiger partial charge in [0, 0.05) is 29.4 Å². The largest absolute Gasteiger partial charge is 0.372 e. The van der Waals surface area contributed by atoms with Gasteiger partial charge in [0.15, 0.2) is 0 Å². The van der Waals surface area contributed by atoms with E-state index in [0.29, 0.717) is 5.69 Å². The number of hydrogen-bond acceptors (Lipinski definition) is 3. The fourth-order valence-electron chi connectivity index (χ4n) is 2.17. The van der Waals surface area contributed by atoms with Gasteiger partial charge >= 0.3 is 0 Å². The van der Waals surface area contributed by atoms with Crippen molar-refractivity contribution < 1.29 is 4.74 Å². The standard InChI is InChI=1S/C12H16N4O/c1-9-7-16(8-10(2)17-9)12-5-3-11(4-6-12)14-15-13/h3-6,9-10H,7-8H2,1-2H3. The molecule has 0 saturated carbocycles. The maximum atomic E-state index is 8.34. The van der Waals surface area contributed by atoms with Gasteiger partial charge in [0.05, 0.1) is 12.2 Å². The van der Waals surface area contributed by atoms with Crippen LogP contribution in [0.2, 0.25) is 0 Å². The number of nitrogens with zero attached hydrogens (tertiary/aromatic N) is 4. The van der Waals surface area contributed by atoms with Crippen molar-refractivity contribution in [2.24, 2.45) is 5.11 Å². The summed E-state index contributed by atoms with van der Waals surface area (Å²) in [6, 6.07) is 7.63. The van der Waals surface area contributed by atoms with E-state index in [0.717, 1.165) is 18.8 Å². The molecule has 2 rings (SSSR count). The fourth-order valence-corrected chi connectivity index (χ4v) is 2.17. The first kappa shape index (κ1) is 11.8. The SMILES string of the molecule is CC1CN(c2ccc(N=[N+]=[N-])cc2)CC(C)O1. The molecule has 0 radical (unpaired) electrons. The van der Waals surface area contributed by atoms with Crippen molar-refractivity contribution in [1.82, 2.24) is 0 Å². The summed E-state index contributed by atoms with van der Waals surface area (Å²) < 4.78 is 5.69. The van der Waals surface area contributed by atoms with Crippen LogP contribution in [0.5, 0.6) is 0 Å². The number of anilines is 1. The molecule has 0 N–H and O–H groups in total. The van der Waals surface area contributed by atoms with Gasteiger partial charge < -0.3 is 9.64 Å². The molecule has 1 aromatic carbocycles. The first-order valence-electron chi connectivity index (χ1n) is 5.74. The van der Waals surface area contributed by atoms with Gasteiger partial charge in [0.25, 0.3) is 0 Å². The molecule has 0 aliphatic carbocycles. The van der Waals surface area contributed by atoms with Gasteiger partial charge in [0.1, 0.15) is 0 Å². The van der Waals surface area contributed by atoms with E-state index in [9.17, 15) is 0 Å². The van der Waals surface area contributed by atoms with E-state index in [1.807, 2.05) is 24.3 Å². The molecule has 1 aliphatic heterocycles. The van der Waals surface area contributed by atoms with E-state index in [-0.39, 0.29) is 12.2 Å². The molecule has 0 amide bonds. The summed E-state index contributed by atoms with van der Waals surface area (Å²) in [5.41, 5.74) is 10.1. The highest BCUT2D eigenvalue weighted by Gasteiger charge is 2.22. The van der Waals surface area contributed by atoms with E-state index in [2.05, 4.69) is 28.8 Å². The molecule has 2 atom stereocenters. The van der Waals surface area contributed by atoms with Crippen LogP contribution in [0.3, 0.4) is 0 Å². The number of rotatable bonds is 2. The quantitative estimate of drug-likeness (QED) is 0.446. The molecule has 17 heavy (non-hydrogen) atoms. The molecular weight excluding hydrogens is 216 g/mol. The zero-order valence-corrected chi connectivity index (χ0v) is 10.1. The predicted molar refractivity (Wildman–Crippen MR) is 67.5 cm³/mol. The van der Waals surface area contributed by atoms with Crippen LogP contribution in [0.1, 0.15) is 13.8 Å². The first-order chi connectivity index (χ1) is 8.19. The Morgan fingerprint density at radius 2 is 1.82 bits per heavy atom. The molecule has 2 unspecified atom stereocenters. The topological polar surface area (TPSA) is 61.2 Å². The van der Waals surface area contributed by atoms with E-state index in [1.165, 1.54) is 0 Å². The Bertz CT molecular complexity index is 415. The molecule has 0 spiro atoms. The summed E-state index contributed by atoms with van der Waals surface area (Å²) in [6.07, 6.45) is 0.492. The normalized spacial score (nSPS) is 24.2.